The molecule has 1 aliphatic rings. The summed E-state index contributed by atoms with van der Waals surface area (Å²) in [5.41, 5.74) is 1.43. The summed E-state index contributed by atoms with van der Waals surface area (Å²) in [5.74, 6) is 2.85. The van der Waals surface area contributed by atoms with E-state index in [0.717, 1.165) is 6.61 Å². The van der Waals surface area contributed by atoms with Crippen molar-refractivity contribution in [2.75, 3.05) is 6.61 Å². The van der Waals surface area contributed by atoms with E-state index < -0.39 is 0 Å². The van der Waals surface area contributed by atoms with E-state index in [-0.39, 0.29) is 29.0 Å². The molecule has 0 fully saturated rings. The van der Waals surface area contributed by atoms with Crippen LogP contribution in [0.15, 0.2) is 11.4 Å². The summed E-state index contributed by atoms with van der Waals surface area (Å²) >= 11 is 0. The van der Waals surface area contributed by atoms with E-state index >= 15 is 0 Å². The Kier molecular flexibility index (Phi) is 49.0. The Hall–Kier alpha value is -0.482. The summed E-state index contributed by atoms with van der Waals surface area (Å²) in [6.45, 7) is 34.5. The molecule has 0 saturated heterocycles. The van der Waals surface area contributed by atoms with Gasteiger partial charge in [0.1, 0.15) is 5.85 Å². The van der Waals surface area contributed by atoms with E-state index in [2.05, 4.69) is 73.7 Å². The molecule has 0 bridgehead atoms. The molecule has 0 aliphatic carbocycles. The second-order valence-electron chi connectivity index (χ2n) is 4.26. The fraction of sp³-hybridized carbons (Fsp3) is 0.533. The first-order valence-electron chi connectivity index (χ1n) is 5.57. The second kappa shape index (κ2) is 29.5. The van der Waals surface area contributed by atoms with Crippen LogP contribution in [0.3, 0.4) is 0 Å². The minimum absolute atomic E-state index is 0. The predicted molar refractivity (Wildman–Crippen MR) is 75.5 cm³/mol. The average Bonchev–Trinajstić information content (AvgIpc) is 2.58. The van der Waals surface area contributed by atoms with Crippen LogP contribution in [-0.2, 0) is 49.1 Å². The molecule has 0 radical (unpaired) electrons. The molecule has 0 saturated carbocycles. The molecule has 1 heterocycles. The summed E-state index contributed by atoms with van der Waals surface area (Å²) in [4.78, 5) is 0. The van der Waals surface area contributed by atoms with Crippen molar-refractivity contribution in [3.63, 3.8) is 0 Å². The van der Waals surface area contributed by atoms with Gasteiger partial charge in [-0.1, -0.05) is 26.6 Å². The normalized spacial score (nSPS) is 15.9. The third-order valence-corrected chi connectivity index (χ3v) is 5.38. The zero-order valence-electron chi connectivity index (χ0n) is 13.7. The van der Waals surface area contributed by atoms with Gasteiger partial charge in [-0.25, -0.2) is 0 Å². The molecule has 0 N–H and O–H groups in total. The SMILES string of the molecule is CCOC1C(C)=CP1C(C)(C)C.[C-]#[O+].[C-]#[O+].[C-]#[O+].[C-]#[O+].[C-]#[O+].[Mo]. The summed E-state index contributed by atoms with van der Waals surface area (Å²) in [6, 6.07) is 0. The molecule has 126 valence electrons. The topological polar surface area (TPSA) is 109 Å². The molecule has 2 atom stereocenters. The van der Waals surface area contributed by atoms with Gasteiger partial charge in [-0.15, -0.1) is 0 Å². The van der Waals surface area contributed by atoms with Gasteiger partial charge in [0.15, 0.2) is 0 Å². The second-order valence-corrected chi connectivity index (χ2v) is 7.14. The zero-order chi connectivity index (χ0) is 19.4. The Morgan fingerprint density at radius 3 is 1.43 bits per heavy atom. The van der Waals surface area contributed by atoms with E-state index in [0.29, 0.717) is 11.0 Å². The number of rotatable bonds is 2. The molecule has 6 nitrogen and oxygen atoms in total. The Bertz CT molecular complexity index is 341. The van der Waals surface area contributed by atoms with E-state index in [1.807, 2.05) is 0 Å². The molecule has 1 rings (SSSR count). The third-order valence-electron chi connectivity index (χ3n) is 2.08. The summed E-state index contributed by atoms with van der Waals surface area (Å²) in [5, 5.41) is 0.411. The maximum absolute atomic E-state index is 7.50. The number of ether oxygens (including phenoxy) is 1. The predicted octanol–water partition coefficient (Wildman–Crippen LogP) is 3.36. The maximum Gasteiger partial charge on any atom is 0 e. The fourth-order valence-electron chi connectivity index (χ4n) is 1.40. The quantitative estimate of drug-likeness (QED) is 0.289. The average molecular weight is 422 g/mol. The third kappa shape index (κ3) is 19.5. The molecule has 0 aromatic heterocycles. The molecular weight excluding hydrogens is 403 g/mol. The molecule has 0 amide bonds. The Morgan fingerprint density at radius 1 is 0.957 bits per heavy atom. The van der Waals surface area contributed by atoms with Gasteiger partial charge in [0.05, 0.1) is 0 Å². The van der Waals surface area contributed by atoms with Gasteiger partial charge >= 0.3 is 56.5 Å². The first-order valence-corrected chi connectivity index (χ1v) is 7.05. The largest absolute Gasteiger partial charge is 0 e. The van der Waals surface area contributed by atoms with Crippen molar-refractivity contribution in [2.45, 2.75) is 45.6 Å². The van der Waals surface area contributed by atoms with Crippen molar-refractivity contribution in [1.29, 1.82) is 0 Å². The molecule has 8 heteroatoms. The summed E-state index contributed by atoms with van der Waals surface area (Å²) in [7, 11) is -0.0318. The van der Waals surface area contributed by atoms with Gasteiger partial charge in [0.2, 0.25) is 0 Å². The first kappa shape index (κ1) is 38.2. The molecule has 0 aromatic rings. The number of hydrogen-bond acceptors (Lipinski definition) is 1. The van der Waals surface area contributed by atoms with Crippen LogP contribution >= 0.6 is 7.92 Å². The van der Waals surface area contributed by atoms with Gasteiger partial charge in [-0.2, -0.15) is 0 Å². The van der Waals surface area contributed by atoms with Gasteiger partial charge in [-0.3, -0.25) is 0 Å². The maximum atomic E-state index is 7.50. The smallest absolute Gasteiger partial charge is 0 e. The molecule has 1 aliphatic heterocycles. The Morgan fingerprint density at radius 2 is 1.26 bits per heavy atom. The molecule has 2 unspecified atom stereocenters. The van der Waals surface area contributed by atoms with Crippen LogP contribution in [0.5, 0.6) is 0 Å². The van der Waals surface area contributed by atoms with Crippen molar-refractivity contribution in [2.24, 2.45) is 0 Å². The first-order chi connectivity index (χ1) is 10.5. The van der Waals surface area contributed by atoms with Crippen LogP contribution in [0.4, 0.5) is 0 Å². The Labute approximate surface area is 154 Å². The van der Waals surface area contributed by atoms with Crippen LogP contribution in [0.2, 0.25) is 0 Å². The van der Waals surface area contributed by atoms with Crippen LogP contribution in [-0.4, -0.2) is 17.6 Å². The van der Waals surface area contributed by atoms with Crippen molar-refractivity contribution in [3.8, 4) is 0 Å². The standard InChI is InChI=1S/C10H19OP.5CO.Mo/c1-6-11-9-8(2)7-12(9)10(3,4)5;5*1-2;/h7,9H,6H2,1-5H3;;;;;;. The van der Waals surface area contributed by atoms with Gasteiger partial charge < -0.3 is 4.74 Å². The minimum Gasteiger partial charge on any atom is 0 e. The van der Waals surface area contributed by atoms with Crippen LogP contribution < -0.4 is 0 Å². The van der Waals surface area contributed by atoms with E-state index in [9.17, 15) is 0 Å². The molecule has 0 spiro atoms. The van der Waals surface area contributed by atoms with E-state index in [1.54, 1.807) is 0 Å². The Balaban J connectivity index is -0.0000000565. The summed E-state index contributed by atoms with van der Waals surface area (Å²) in [6.07, 6.45) is 0. The monoisotopic (exact) mass is 424 g/mol. The van der Waals surface area contributed by atoms with Crippen LogP contribution in [0.25, 0.3) is 0 Å². The molecular formula is C15H19MoO6P. The van der Waals surface area contributed by atoms with Crippen molar-refractivity contribution in [3.05, 3.63) is 44.6 Å². The van der Waals surface area contributed by atoms with E-state index in [4.69, 9.17) is 28.0 Å². The van der Waals surface area contributed by atoms with Crippen LogP contribution in [0, 0.1) is 33.3 Å². The number of hydrogen-bond donors (Lipinski definition) is 0. The van der Waals surface area contributed by atoms with Gasteiger partial charge in [-0.05, 0) is 32.5 Å². The molecule has 23 heavy (non-hydrogen) atoms. The van der Waals surface area contributed by atoms with Crippen molar-refractivity contribution in [1.82, 2.24) is 0 Å². The van der Waals surface area contributed by atoms with Gasteiger partial charge in [0.25, 0.3) is 0 Å². The van der Waals surface area contributed by atoms with Crippen LogP contribution in [0.1, 0.15) is 34.6 Å². The van der Waals surface area contributed by atoms with Crippen molar-refractivity contribution >= 4 is 7.92 Å². The summed E-state index contributed by atoms with van der Waals surface area (Å²) < 4.78 is 43.2. The molecule has 0 aromatic carbocycles. The van der Waals surface area contributed by atoms with E-state index in [1.165, 1.54) is 5.57 Å². The zero-order valence-corrected chi connectivity index (χ0v) is 16.6. The minimum atomic E-state index is -0.0318. The van der Waals surface area contributed by atoms with Crippen molar-refractivity contribution < 1.29 is 49.1 Å². The van der Waals surface area contributed by atoms with Gasteiger partial charge in [0, 0.05) is 27.7 Å². The fourth-order valence-corrected chi connectivity index (χ4v) is 3.78.